The largest absolute Gasteiger partial charge is 0.455 e. The molecule has 2 rings (SSSR count). The lowest BCUT2D eigenvalue weighted by atomic mass is 10.2. The fraction of sp³-hybridized carbons (Fsp3) is 0.333. The minimum absolute atomic E-state index is 0.192. The summed E-state index contributed by atoms with van der Waals surface area (Å²) in [5.41, 5.74) is 3.32. The highest BCUT2D eigenvalue weighted by Crippen LogP contribution is 2.23. The van der Waals surface area contributed by atoms with Crippen LogP contribution in [0.15, 0.2) is 52.3 Å². The highest BCUT2D eigenvalue weighted by molar-refractivity contribution is 8.00. The zero-order chi connectivity index (χ0) is 19.8. The molecule has 0 unspecified atom stereocenters. The zero-order valence-corrected chi connectivity index (χ0v) is 17.8. The number of carbonyl (C=O) groups is 2. The van der Waals surface area contributed by atoms with Crippen LogP contribution in [0, 0.1) is 13.8 Å². The molecular formula is C21H25NO3S2. The Labute approximate surface area is 169 Å². The first kappa shape index (κ1) is 21.4. The number of aryl methyl sites for hydroxylation is 2. The average Bonchev–Trinajstić information content (AvgIpc) is 2.67. The normalized spacial score (nSPS) is 10.5. The van der Waals surface area contributed by atoms with Crippen LogP contribution in [0.2, 0.25) is 0 Å². The standard InChI is InChI=1S/C21H25NO3S2/c1-15-5-6-16(2)19(11-15)27-14-21(24)25-13-20(23)22(3)12-17-7-9-18(26-4)10-8-17/h5-11H,12-14H2,1-4H3. The number of rotatable bonds is 8. The number of thioether (sulfide) groups is 2. The lowest BCUT2D eigenvalue weighted by molar-refractivity contribution is -0.149. The van der Waals surface area contributed by atoms with Crippen LogP contribution in [-0.2, 0) is 20.9 Å². The molecule has 0 fully saturated rings. The summed E-state index contributed by atoms with van der Waals surface area (Å²) in [7, 11) is 1.71. The molecule has 144 valence electrons. The predicted octanol–water partition coefficient (Wildman–Crippen LogP) is 4.32. The molecule has 0 aliphatic rings. The highest BCUT2D eigenvalue weighted by atomic mass is 32.2. The van der Waals surface area contributed by atoms with Crippen LogP contribution in [-0.4, -0.2) is 42.4 Å². The Morgan fingerprint density at radius 1 is 1.07 bits per heavy atom. The van der Waals surface area contributed by atoms with E-state index in [0.717, 1.165) is 21.6 Å². The maximum absolute atomic E-state index is 12.2. The van der Waals surface area contributed by atoms with Gasteiger partial charge in [-0.25, -0.2) is 0 Å². The van der Waals surface area contributed by atoms with Crippen LogP contribution in [0.4, 0.5) is 0 Å². The van der Waals surface area contributed by atoms with E-state index < -0.39 is 0 Å². The fourth-order valence-corrected chi connectivity index (χ4v) is 3.72. The first-order valence-electron chi connectivity index (χ1n) is 8.61. The molecule has 2 aromatic rings. The molecule has 0 saturated heterocycles. The van der Waals surface area contributed by atoms with Crippen molar-refractivity contribution in [3.8, 4) is 0 Å². The lowest BCUT2D eigenvalue weighted by Crippen LogP contribution is -2.31. The number of nitrogens with zero attached hydrogens (tertiary/aromatic N) is 1. The first-order chi connectivity index (χ1) is 12.9. The average molecular weight is 404 g/mol. The van der Waals surface area contributed by atoms with Gasteiger partial charge in [-0.2, -0.15) is 0 Å². The Kier molecular flexibility index (Phi) is 8.25. The number of ether oxygens (including phenoxy) is 1. The topological polar surface area (TPSA) is 46.6 Å². The fourth-order valence-electron chi connectivity index (χ4n) is 2.39. The van der Waals surface area contributed by atoms with E-state index in [4.69, 9.17) is 4.74 Å². The molecule has 0 aliphatic carbocycles. The van der Waals surface area contributed by atoms with Gasteiger partial charge in [0.1, 0.15) is 0 Å². The summed E-state index contributed by atoms with van der Waals surface area (Å²) in [4.78, 5) is 27.9. The second kappa shape index (κ2) is 10.4. The van der Waals surface area contributed by atoms with Crippen LogP contribution in [0.3, 0.4) is 0 Å². The molecule has 2 aromatic carbocycles. The number of benzene rings is 2. The van der Waals surface area contributed by atoms with Crippen LogP contribution >= 0.6 is 23.5 Å². The number of hydrogen-bond acceptors (Lipinski definition) is 5. The van der Waals surface area contributed by atoms with Crippen molar-refractivity contribution in [1.29, 1.82) is 0 Å². The van der Waals surface area contributed by atoms with Crippen LogP contribution < -0.4 is 0 Å². The van der Waals surface area contributed by atoms with E-state index >= 15 is 0 Å². The van der Waals surface area contributed by atoms with Gasteiger partial charge in [0.2, 0.25) is 0 Å². The summed E-state index contributed by atoms with van der Waals surface area (Å²) in [5.74, 6) is -0.404. The van der Waals surface area contributed by atoms with Crippen molar-refractivity contribution in [3.05, 3.63) is 59.2 Å². The minimum atomic E-state index is -0.382. The third-order valence-corrected chi connectivity index (χ3v) is 5.92. The van der Waals surface area contributed by atoms with E-state index in [2.05, 4.69) is 6.07 Å². The molecular weight excluding hydrogens is 378 g/mol. The Morgan fingerprint density at radius 2 is 1.78 bits per heavy atom. The summed E-state index contributed by atoms with van der Waals surface area (Å²) >= 11 is 3.11. The zero-order valence-electron chi connectivity index (χ0n) is 16.2. The van der Waals surface area contributed by atoms with Crippen molar-refractivity contribution in [2.45, 2.75) is 30.2 Å². The predicted molar refractivity (Wildman–Crippen MR) is 112 cm³/mol. The first-order valence-corrected chi connectivity index (χ1v) is 10.8. The van der Waals surface area contributed by atoms with Crippen LogP contribution in [0.1, 0.15) is 16.7 Å². The molecule has 6 heteroatoms. The van der Waals surface area contributed by atoms with Crippen molar-refractivity contribution in [3.63, 3.8) is 0 Å². The van der Waals surface area contributed by atoms with E-state index in [9.17, 15) is 9.59 Å². The second-order valence-corrected chi connectivity index (χ2v) is 8.21. The summed E-state index contributed by atoms with van der Waals surface area (Å²) in [5, 5.41) is 0. The van der Waals surface area contributed by atoms with Gasteiger partial charge in [0.15, 0.2) is 6.61 Å². The highest BCUT2D eigenvalue weighted by Gasteiger charge is 2.13. The molecule has 27 heavy (non-hydrogen) atoms. The summed E-state index contributed by atoms with van der Waals surface area (Å²) < 4.78 is 5.14. The monoisotopic (exact) mass is 403 g/mol. The van der Waals surface area contributed by atoms with Gasteiger partial charge in [0.25, 0.3) is 5.91 Å². The third-order valence-electron chi connectivity index (χ3n) is 4.05. The van der Waals surface area contributed by atoms with E-state index in [1.807, 2.05) is 56.5 Å². The molecule has 0 heterocycles. The summed E-state index contributed by atoms with van der Waals surface area (Å²) in [6.45, 7) is 4.29. The lowest BCUT2D eigenvalue weighted by Gasteiger charge is -2.17. The Balaban J connectivity index is 1.76. The molecule has 0 bridgehead atoms. The van der Waals surface area contributed by atoms with Gasteiger partial charge in [-0.1, -0.05) is 29.8 Å². The number of likely N-dealkylation sites (N-methyl/N-ethyl adjacent to an activating group) is 1. The molecule has 0 spiro atoms. The molecule has 0 aliphatic heterocycles. The maximum atomic E-state index is 12.2. The van der Waals surface area contributed by atoms with E-state index in [-0.39, 0.29) is 24.2 Å². The molecule has 0 N–H and O–H groups in total. The van der Waals surface area contributed by atoms with Crippen LogP contribution in [0.5, 0.6) is 0 Å². The summed E-state index contributed by atoms with van der Waals surface area (Å²) in [6, 6.07) is 14.2. The molecule has 0 atom stereocenters. The van der Waals surface area contributed by atoms with Crippen molar-refractivity contribution in [1.82, 2.24) is 4.90 Å². The van der Waals surface area contributed by atoms with Crippen molar-refractivity contribution in [2.75, 3.05) is 25.7 Å². The molecule has 0 radical (unpaired) electrons. The number of hydrogen-bond donors (Lipinski definition) is 0. The van der Waals surface area contributed by atoms with Crippen molar-refractivity contribution < 1.29 is 14.3 Å². The molecule has 0 aromatic heterocycles. The Morgan fingerprint density at radius 3 is 2.44 bits per heavy atom. The van der Waals surface area contributed by atoms with Gasteiger partial charge in [0.05, 0.1) is 5.75 Å². The van der Waals surface area contributed by atoms with E-state index in [1.54, 1.807) is 23.7 Å². The van der Waals surface area contributed by atoms with Crippen LogP contribution in [0.25, 0.3) is 0 Å². The van der Waals surface area contributed by atoms with Gasteiger partial charge in [-0.05, 0) is 49.4 Å². The molecule has 0 saturated carbocycles. The Bertz CT molecular complexity index is 791. The van der Waals surface area contributed by atoms with Gasteiger partial charge in [-0.3, -0.25) is 9.59 Å². The van der Waals surface area contributed by atoms with Gasteiger partial charge in [-0.15, -0.1) is 23.5 Å². The maximum Gasteiger partial charge on any atom is 0.316 e. The van der Waals surface area contributed by atoms with Crippen molar-refractivity contribution >= 4 is 35.4 Å². The van der Waals surface area contributed by atoms with Crippen molar-refractivity contribution in [2.24, 2.45) is 0 Å². The quantitative estimate of drug-likeness (QED) is 0.485. The summed E-state index contributed by atoms with van der Waals surface area (Å²) in [6.07, 6.45) is 2.03. The van der Waals surface area contributed by atoms with E-state index in [1.165, 1.54) is 16.7 Å². The smallest absolute Gasteiger partial charge is 0.316 e. The minimum Gasteiger partial charge on any atom is -0.455 e. The van der Waals surface area contributed by atoms with Gasteiger partial charge >= 0.3 is 5.97 Å². The molecule has 1 amide bonds. The SMILES string of the molecule is CSc1ccc(CN(C)C(=O)COC(=O)CSc2cc(C)ccc2C)cc1. The van der Waals surface area contributed by atoms with Gasteiger partial charge < -0.3 is 9.64 Å². The number of amides is 1. The van der Waals surface area contributed by atoms with E-state index in [0.29, 0.717) is 6.54 Å². The third kappa shape index (κ3) is 6.96. The second-order valence-electron chi connectivity index (χ2n) is 6.32. The number of carbonyl (C=O) groups excluding carboxylic acids is 2. The number of esters is 1. The molecule has 4 nitrogen and oxygen atoms in total. The Hall–Kier alpha value is -1.92. The van der Waals surface area contributed by atoms with Gasteiger partial charge in [0, 0.05) is 23.4 Å².